The lowest BCUT2D eigenvalue weighted by Gasteiger charge is -2.14. The number of aliphatic hydroxyl groups is 1. The summed E-state index contributed by atoms with van der Waals surface area (Å²) in [5, 5.41) is 14.4. The Balaban J connectivity index is 2.00. The molecule has 0 fully saturated rings. The molecule has 0 aromatic heterocycles. The average molecular weight is 282 g/mol. The maximum Gasteiger partial charge on any atom is 0.0976 e. The molecule has 0 saturated carbocycles. The Morgan fingerprint density at radius 3 is 2.56 bits per heavy atom. The standard InChI is InChI=1S/C14H13Cl2NO/c15-10-4-3-5-11(8-10)17-9-14(18)12-6-1-2-7-13(12)16/h1-8,14,17-18H,9H2. The zero-order valence-corrected chi connectivity index (χ0v) is 11.1. The van der Waals surface area contributed by atoms with E-state index in [2.05, 4.69) is 5.32 Å². The lowest BCUT2D eigenvalue weighted by molar-refractivity contribution is 0.192. The van der Waals surface area contributed by atoms with Crippen LogP contribution in [-0.2, 0) is 0 Å². The van der Waals surface area contributed by atoms with E-state index in [1.807, 2.05) is 30.3 Å². The lowest BCUT2D eigenvalue weighted by atomic mass is 10.1. The highest BCUT2D eigenvalue weighted by atomic mass is 35.5. The highest BCUT2D eigenvalue weighted by Crippen LogP contribution is 2.23. The van der Waals surface area contributed by atoms with Crippen molar-refractivity contribution >= 4 is 28.9 Å². The van der Waals surface area contributed by atoms with Crippen LogP contribution in [-0.4, -0.2) is 11.7 Å². The summed E-state index contributed by atoms with van der Waals surface area (Å²) >= 11 is 11.9. The molecule has 1 atom stereocenters. The Hall–Kier alpha value is -1.22. The van der Waals surface area contributed by atoms with E-state index < -0.39 is 6.10 Å². The summed E-state index contributed by atoms with van der Waals surface area (Å²) < 4.78 is 0. The van der Waals surface area contributed by atoms with Crippen molar-refractivity contribution in [3.8, 4) is 0 Å². The van der Waals surface area contributed by atoms with Gasteiger partial charge in [0.05, 0.1) is 6.10 Å². The highest BCUT2D eigenvalue weighted by molar-refractivity contribution is 6.31. The fourth-order valence-corrected chi connectivity index (χ4v) is 2.12. The van der Waals surface area contributed by atoms with Gasteiger partial charge in [0.1, 0.15) is 0 Å². The number of hydrogen-bond donors (Lipinski definition) is 2. The molecule has 0 radical (unpaired) electrons. The van der Waals surface area contributed by atoms with E-state index in [0.717, 1.165) is 5.69 Å². The summed E-state index contributed by atoms with van der Waals surface area (Å²) in [6, 6.07) is 14.6. The second-order valence-corrected chi connectivity index (χ2v) is 4.77. The topological polar surface area (TPSA) is 32.3 Å². The van der Waals surface area contributed by atoms with Gasteiger partial charge in [0.15, 0.2) is 0 Å². The highest BCUT2D eigenvalue weighted by Gasteiger charge is 2.10. The van der Waals surface area contributed by atoms with E-state index >= 15 is 0 Å². The number of benzene rings is 2. The third-order valence-electron chi connectivity index (χ3n) is 2.59. The van der Waals surface area contributed by atoms with Crippen LogP contribution in [0.15, 0.2) is 48.5 Å². The first-order valence-electron chi connectivity index (χ1n) is 5.59. The second kappa shape index (κ2) is 6.10. The molecule has 2 aromatic rings. The molecule has 2 rings (SSSR count). The van der Waals surface area contributed by atoms with Crippen LogP contribution in [0, 0.1) is 0 Å². The van der Waals surface area contributed by atoms with Gasteiger partial charge in [0.2, 0.25) is 0 Å². The molecule has 18 heavy (non-hydrogen) atoms. The van der Waals surface area contributed by atoms with Crippen LogP contribution in [0.25, 0.3) is 0 Å². The lowest BCUT2D eigenvalue weighted by Crippen LogP contribution is -2.12. The van der Waals surface area contributed by atoms with E-state index in [1.54, 1.807) is 18.2 Å². The Kier molecular flexibility index (Phi) is 4.48. The minimum absolute atomic E-state index is 0.379. The summed E-state index contributed by atoms with van der Waals surface area (Å²) in [5.41, 5.74) is 1.59. The molecule has 2 aromatic carbocycles. The first-order valence-corrected chi connectivity index (χ1v) is 6.34. The number of nitrogens with one attached hydrogen (secondary N) is 1. The minimum atomic E-state index is -0.655. The van der Waals surface area contributed by atoms with Gasteiger partial charge >= 0.3 is 0 Å². The second-order valence-electron chi connectivity index (χ2n) is 3.93. The molecule has 2 nitrogen and oxygen atoms in total. The summed E-state index contributed by atoms with van der Waals surface area (Å²) in [6.07, 6.45) is -0.655. The van der Waals surface area contributed by atoms with E-state index in [0.29, 0.717) is 22.2 Å². The predicted octanol–water partition coefficient (Wildman–Crippen LogP) is 4.14. The Bertz CT molecular complexity index is 531. The van der Waals surface area contributed by atoms with Crippen molar-refractivity contribution in [3.05, 3.63) is 64.1 Å². The summed E-state index contributed by atoms with van der Waals surface area (Å²) in [5.74, 6) is 0. The van der Waals surface area contributed by atoms with Crippen LogP contribution >= 0.6 is 23.2 Å². The normalized spacial score (nSPS) is 12.2. The molecular formula is C14H13Cl2NO. The number of halogens is 2. The SMILES string of the molecule is OC(CNc1cccc(Cl)c1)c1ccccc1Cl. The van der Waals surface area contributed by atoms with Crippen LogP contribution < -0.4 is 5.32 Å². The average Bonchev–Trinajstić information content (AvgIpc) is 2.37. The molecule has 1 unspecified atom stereocenters. The first-order chi connectivity index (χ1) is 8.66. The van der Waals surface area contributed by atoms with Gasteiger partial charge in [-0.3, -0.25) is 0 Å². The molecular weight excluding hydrogens is 269 g/mol. The third kappa shape index (κ3) is 3.39. The van der Waals surface area contributed by atoms with Crippen LogP contribution in [0.2, 0.25) is 10.0 Å². The Labute approximate surface area is 116 Å². The maximum atomic E-state index is 10.1. The molecule has 2 N–H and O–H groups in total. The number of anilines is 1. The summed E-state index contributed by atoms with van der Waals surface area (Å²) in [7, 11) is 0. The van der Waals surface area contributed by atoms with Gasteiger partial charge in [0, 0.05) is 27.8 Å². The monoisotopic (exact) mass is 281 g/mol. The molecule has 4 heteroatoms. The third-order valence-corrected chi connectivity index (χ3v) is 3.17. The van der Waals surface area contributed by atoms with Gasteiger partial charge in [-0.15, -0.1) is 0 Å². The van der Waals surface area contributed by atoms with Gasteiger partial charge < -0.3 is 10.4 Å². The molecule has 0 spiro atoms. The van der Waals surface area contributed by atoms with Crippen molar-refractivity contribution < 1.29 is 5.11 Å². The van der Waals surface area contributed by atoms with Gasteiger partial charge in [-0.25, -0.2) is 0 Å². The fraction of sp³-hybridized carbons (Fsp3) is 0.143. The molecule has 0 bridgehead atoms. The quantitative estimate of drug-likeness (QED) is 0.883. The predicted molar refractivity (Wildman–Crippen MR) is 76.4 cm³/mol. The molecule has 0 saturated heterocycles. The maximum absolute atomic E-state index is 10.1. The zero-order chi connectivity index (χ0) is 13.0. The van der Waals surface area contributed by atoms with Crippen LogP contribution in [0.3, 0.4) is 0 Å². The van der Waals surface area contributed by atoms with Gasteiger partial charge in [-0.1, -0.05) is 47.5 Å². The van der Waals surface area contributed by atoms with Gasteiger partial charge in [-0.05, 0) is 24.3 Å². The smallest absolute Gasteiger partial charge is 0.0976 e. The van der Waals surface area contributed by atoms with E-state index in [1.165, 1.54) is 0 Å². The van der Waals surface area contributed by atoms with Crippen molar-refractivity contribution in [2.45, 2.75) is 6.10 Å². The molecule has 0 aliphatic rings. The Morgan fingerprint density at radius 2 is 1.83 bits per heavy atom. The van der Waals surface area contributed by atoms with Crippen LogP contribution in [0.4, 0.5) is 5.69 Å². The first kappa shape index (κ1) is 13.2. The summed E-state index contributed by atoms with van der Waals surface area (Å²) in [6.45, 7) is 0.379. The number of aliphatic hydroxyl groups excluding tert-OH is 1. The van der Waals surface area contributed by atoms with E-state index in [-0.39, 0.29) is 0 Å². The van der Waals surface area contributed by atoms with Crippen molar-refractivity contribution in [2.24, 2.45) is 0 Å². The van der Waals surface area contributed by atoms with Gasteiger partial charge in [-0.2, -0.15) is 0 Å². The largest absolute Gasteiger partial charge is 0.387 e. The zero-order valence-electron chi connectivity index (χ0n) is 9.61. The Morgan fingerprint density at radius 1 is 1.06 bits per heavy atom. The molecule has 0 aliphatic carbocycles. The van der Waals surface area contributed by atoms with Crippen LogP contribution in [0.1, 0.15) is 11.7 Å². The van der Waals surface area contributed by atoms with Crippen LogP contribution in [0.5, 0.6) is 0 Å². The fourth-order valence-electron chi connectivity index (χ4n) is 1.67. The van der Waals surface area contributed by atoms with Gasteiger partial charge in [0.25, 0.3) is 0 Å². The molecule has 0 heterocycles. The number of hydrogen-bond acceptors (Lipinski definition) is 2. The number of rotatable bonds is 4. The molecule has 0 aliphatic heterocycles. The summed E-state index contributed by atoms with van der Waals surface area (Å²) in [4.78, 5) is 0. The van der Waals surface area contributed by atoms with Crippen molar-refractivity contribution in [3.63, 3.8) is 0 Å². The van der Waals surface area contributed by atoms with Crippen molar-refractivity contribution in [1.82, 2.24) is 0 Å². The van der Waals surface area contributed by atoms with E-state index in [4.69, 9.17) is 23.2 Å². The molecule has 94 valence electrons. The van der Waals surface area contributed by atoms with Crippen molar-refractivity contribution in [2.75, 3.05) is 11.9 Å². The molecule has 0 amide bonds. The van der Waals surface area contributed by atoms with Crippen molar-refractivity contribution in [1.29, 1.82) is 0 Å². The minimum Gasteiger partial charge on any atom is -0.387 e. The van der Waals surface area contributed by atoms with E-state index in [9.17, 15) is 5.11 Å².